The zero-order valence-corrected chi connectivity index (χ0v) is 16.4. The van der Waals surface area contributed by atoms with E-state index < -0.39 is 5.97 Å². The van der Waals surface area contributed by atoms with Gasteiger partial charge in [0.15, 0.2) is 0 Å². The summed E-state index contributed by atoms with van der Waals surface area (Å²) in [6.07, 6.45) is 2.37. The van der Waals surface area contributed by atoms with Crippen molar-refractivity contribution in [3.05, 3.63) is 65.2 Å². The van der Waals surface area contributed by atoms with Crippen LogP contribution in [0.3, 0.4) is 0 Å². The van der Waals surface area contributed by atoms with Gasteiger partial charge in [0.1, 0.15) is 0 Å². The molecule has 0 aromatic heterocycles. The third-order valence-corrected chi connectivity index (χ3v) is 5.98. The molecule has 0 fully saturated rings. The van der Waals surface area contributed by atoms with Crippen molar-refractivity contribution in [2.24, 2.45) is 0 Å². The molecule has 0 atom stereocenters. The van der Waals surface area contributed by atoms with Gasteiger partial charge in [-0.2, -0.15) is 0 Å². The van der Waals surface area contributed by atoms with Crippen LogP contribution >= 0.6 is 0 Å². The Labute approximate surface area is 156 Å². The SMILES string of the molecule is C=C(C(=O)O)c1cccc(-c2cc3c(cc2C)C(C)(C)CCC3(C)C)c1. The molecule has 136 valence electrons. The zero-order valence-electron chi connectivity index (χ0n) is 16.4. The summed E-state index contributed by atoms with van der Waals surface area (Å²) in [5, 5.41) is 9.24. The third-order valence-electron chi connectivity index (χ3n) is 5.98. The van der Waals surface area contributed by atoms with Gasteiger partial charge in [0.25, 0.3) is 0 Å². The molecule has 3 rings (SSSR count). The molecule has 0 saturated heterocycles. The van der Waals surface area contributed by atoms with E-state index in [9.17, 15) is 9.90 Å². The molecule has 0 heterocycles. The van der Waals surface area contributed by atoms with Crippen molar-refractivity contribution in [3.8, 4) is 11.1 Å². The number of hydrogen-bond acceptors (Lipinski definition) is 1. The Morgan fingerprint density at radius 1 is 1.00 bits per heavy atom. The Balaban J connectivity index is 2.18. The highest BCUT2D eigenvalue weighted by Gasteiger charge is 2.37. The highest BCUT2D eigenvalue weighted by atomic mass is 16.4. The van der Waals surface area contributed by atoms with Gasteiger partial charge in [0.2, 0.25) is 0 Å². The number of carbonyl (C=O) groups is 1. The van der Waals surface area contributed by atoms with Gasteiger partial charge in [0.05, 0.1) is 5.57 Å². The fourth-order valence-corrected chi connectivity index (χ4v) is 4.03. The van der Waals surface area contributed by atoms with E-state index in [2.05, 4.69) is 53.3 Å². The van der Waals surface area contributed by atoms with E-state index in [4.69, 9.17) is 0 Å². The van der Waals surface area contributed by atoms with Crippen LogP contribution in [0.5, 0.6) is 0 Å². The van der Waals surface area contributed by atoms with Gasteiger partial charge in [-0.3, -0.25) is 0 Å². The monoisotopic (exact) mass is 348 g/mol. The normalized spacial score (nSPS) is 17.4. The third kappa shape index (κ3) is 3.09. The molecule has 1 aliphatic rings. The molecule has 2 nitrogen and oxygen atoms in total. The number of carboxylic acid groups (broad SMARTS) is 1. The summed E-state index contributed by atoms with van der Waals surface area (Å²) in [6.45, 7) is 15.1. The molecule has 0 unspecified atom stereocenters. The van der Waals surface area contributed by atoms with Crippen LogP contribution in [0.1, 0.15) is 62.8 Å². The number of carboxylic acids is 1. The van der Waals surface area contributed by atoms with Gasteiger partial charge in [-0.25, -0.2) is 4.79 Å². The van der Waals surface area contributed by atoms with Gasteiger partial charge < -0.3 is 5.11 Å². The van der Waals surface area contributed by atoms with Gasteiger partial charge in [-0.15, -0.1) is 0 Å². The lowest BCUT2D eigenvalue weighted by atomic mass is 9.62. The first-order chi connectivity index (χ1) is 12.0. The van der Waals surface area contributed by atoms with Crippen LogP contribution in [-0.2, 0) is 15.6 Å². The quantitative estimate of drug-likeness (QED) is 0.680. The Morgan fingerprint density at radius 3 is 2.15 bits per heavy atom. The number of aliphatic carboxylic acids is 1. The summed E-state index contributed by atoms with van der Waals surface area (Å²) in [5.74, 6) is -0.979. The maximum absolute atomic E-state index is 11.3. The molecule has 0 radical (unpaired) electrons. The van der Waals surface area contributed by atoms with E-state index >= 15 is 0 Å². The van der Waals surface area contributed by atoms with Crippen LogP contribution in [-0.4, -0.2) is 11.1 Å². The minimum Gasteiger partial charge on any atom is -0.478 e. The average molecular weight is 348 g/mol. The first-order valence-corrected chi connectivity index (χ1v) is 9.21. The lowest BCUT2D eigenvalue weighted by molar-refractivity contribution is -0.130. The second-order valence-corrected chi connectivity index (χ2v) is 8.84. The molecule has 2 aromatic rings. The predicted octanol–water partition coefficient (Wildman–Crippen LogP) is 6.11. The van der Waals surface area contributed by atoms with Crippen molar-refractivity contribution < 1.29 is 9.90 Å². The van der Waals surface area contributed by atoms with Crippen LogP contribution in [0.25, 0.3) is 16.7 Å². The Bertz CT molecular complexity index is 900. The fraction of sp³-hybridized carbons (Fsp3) is 0.375. The number of benzene rings is 2. The van der Waals surface area contributed by atoms with E-state index in [0.29, 0.717) is 5.56 Å². The summed E-state index contributed by atoms with van der Waals surface area (Å²) < 4.78 is 0. The Morgan fingerprint density at radius 2 is 1.58 bits per heavy atom. The minimum absolute atomic E-state index is 0.129. The molecule has 26 heavy (non-hydrogen) atoms. The molecule has 1 N–H and O–H groups in total. The second-order valence-electron chi connectivity index (χ2n) is 8.84. The molecular weight excluding hydrogens is 320 g/mol. The molecule has 0 amide bonds. The van der Waals surface area contributed by atoms with E-state index in [1.807, 2.05) is 18.2 Å². The van der Waals surface area contributed by atoms with Crippen LogP contribution < -0.4 is 0 Å². The highest BCUT2D eigenvalue weighted by Crippen LogP contribution is 2.47. The maximum Gasteiger partial charge on any atom is 0.335 e. The van der Waals surface area contributed by atoms with Crippen LogP contribution in [0.15, 0.2) is 43.0 Å². The summed E-state index contributed by atoms with van der Waals surface area (Å²) in [7, 11) is 0. The van der Waals surface area contributed by atoms with E-state index in [1.54, 1.807) is 6.07 Å². The topological polar surface area (TPSA) is 37.3 Å². The fourth-order valence-electron chi connectivity index (χ4n) is 4.03. The van der Waals surface area contributed by atoms with Crippen molar-refractivity contribution in [2.45, 2.75) is 58.3 Å². The van der Waals surface area contributed by atoms with Crippen molar-refractivity contribution in [2.75, 3.05) is 0 Å². The second kappa shape index (κ2) is 6.12. The van der Waals surface area contributed by atoms with Crippen LogP contribution in [0.4, 0.5) is 0 Å². The van der Waals surface area contributed by atoms with E-state index in [-0.39, 0.29) is 16.4 Å². The van der Waals surface area contributed by atoms with Gasteiger partial charge in [-0.1, -0.05) is 64.6 Å². The van der Waals surface area contributed by atoms with Crippen molar-refractivity contribution >= 4 is 11.5 Å². The van der Waals surface area contributed by atoms with Gasteiger partial charge in [-0.05, 0) is 70.0 Å². The van der Waals surface area contributed by atoms with E-state index in [1.165, 1.54) is 35.1 Å². The number of rotatable bonds is 3. The first-order valence-electron chi connectivity index (χ1n) is 9.21. The molecule has 0 saturated carbocycles. The van der Waals surface area contributed by atoms with Gasteiger partial charge in [0, 0.05) is 0 Å². The molecular formula is C24H28O2. The van der Waals surface area contributed by atoms with E-state index in [0.717, 1.165) is 5.56 Å². The number of hydrogen-bond donors (Lipinski definition) is 1. The van der Waals surface area contributed by atoms with Gasteiger partial charge >= 0.3 is 5.97 Å². The molecule has 1 aliphatic carbocycles. The summed E-state index contributed by atoms with van der Waals surface area (Å²) in [6, 6.07) is 12.4. The number of fused-ring (bicyclic) bond motifs is 1. The zero-order chi connectivity index (χ0) is 19.3. The van der Waals surface area contributed by atoms with Crippen molar-refractivity contribution in [1.29, 1.82) is 0 Å². The molecule has 0 bridgehead atoms. The maximum atomic E-state index is 11.3. The first kappa shape index (κ1) is 18.4. The van der Waals surface area contributed by atoms with Crippen molar-refractivity contribution in [1.82, 2.24) is 0 Å². The molecule has 0 aliphatic heterocycles. The smallest absolute Gasteiger partial charge is 0.335 e. The summed E-state index contributed by atoms with van der Waals surface area (Å²) in [4.78, 5) is 11.3. The van der Waals surface area contributed by atoms with Crippen molar-refractivity contribution in [3.63, 3.8) is 0 Å². The van der Waals surface area contributed by atoms with Crippen LogP contribution in [0, 0.1) is 6.92 Å². The summed E-state index contributed by atoms with van der Waals surface area (Å²) in [5.41, 5.74) is 7.43. The Hall–Kier alpha value is -2.35. The molecule has 0 spiro atoms. The predicted molar refractivity (Wildman–Crippen MR) is 109 cm³/mol. The lowest BCUT2D eigenvalue weighted by Crippen LogP contribution is -2.34. The Kier molecular flexibility index (Phi) is 4.34. The molecule has 2 heteroatoms. The molecule has 2 aromatic carbocycles. The minimum atomic E-state index is -0.979. The highest BCUT2D eigenvalue weighted by molar-refractivity contribution is 6.14. The standard InChI is InChI=1S/C24H28O2/c1-15-12-20-21(24(5,6)11-10-23(20,3)4)14-19(15)18-9-7-8-17(13-18)16(2)22(25)26/h7-9,12-14H,2,10-11H2,1,3-6H3,(H,25,26). The largest absolute Gasteiger partial charge is 0.478 e. The lowest BCUT2D eigenvalue weighted by Gasteiger charge is -2.42. The summed E-state index contributed by atoms with van der Waals surface area (Å²) >= 11 is 0. The average Bonchev–Trinajstić information content (AvgIpc) is 2.58. The number of aryl methyl sites for hydroxylation is 1. The van der Waals surface area contributed by atoms with Crippen LogP contribution in [0.2, 0.25) is 0 Å².